The summed E-state index contributed by atoms with van der Waals surface area (Å²) in [4.78, 5) is 145. The number of hydrogen-bond donors (Lipinski definition) is 20. The quantitative estimate of drug-likeness (QED) is 0.0331. The summed E-state index contributed by atoms with van der Waals surface area (Å²) in [7, 11) is 2.58. The third kappa shape index (κ3) is 20.4. The number of aliphatic hydroxyl groups excluding tert-OH is 9. The fourth-order valence-electron chi connectivity index (χ4n) is 8.63. The maximum Gasteiger partial charge on any atom is 0.305 e. The van der Waals surface area contributed by atoms with Crippen molar-refractivity contribution in [3.63, 3.8) is 0 Å². The van der Waals surface area contributed by atoms with Gasteiger partial charge in [0.05, 0.1) is 51.4 Å². The Morgan fingerprint density at radius 2 is 1.19 bits per heavy atom. The van der Waals surface area contributed by atoms with Gasteiger partial charge >= 0.3 is 5.97 Å². The Hall–Kier alpha value is -6.43. The molecule has 0 radical (unpaired) electrons. The van der Waals surface area contributed by atoms with Crippen LogP contribution < -0.4 is 54.0 Å². The summed E-state index contributed by atoms with van der Waals surface area (Å²) in [5.41, 5.74) is 10.7. The van der Waals surface area contributed by atoms with E-state index in [4.69, 9.17) is 35.2 Å². The molecule has 3 rings (SSSR count). The predicted octanol–water partition coefficient (Wildman–Crippen LogP) is -13.2. The van der Waals surface area contributed by atoms with Gasteiger partial charge in [-0.25, -0.2) is 0 Å². The van der Waals surface area contributed by atoms with Crippen LogP contribution in [0.5, 0.6) is 0 Å². The number of hydrogen-bond acceptors (Lipinski definition) is 26. The number of nitrogens with zero attached hydrogens (tertiary/aromatic N) is 1. The van der Waals surface area contributed by atoms with Gasteiger partial charge < -0.3 is 134 Å². The van der Waals surface area contributed by atoms with Gasteiger partial charge in [-0.2, -0.15) is 0 Å². The van der Waals surface area contributed by atoms with Crippen molar-refractivity contribution in [2.75, 3.05) is 40.5 Å². The molecule has 3 aliphatic rings. The van der Waals surface area contributed by atoms with Crippen LogP contribution in [0.15, 0.2) is 0 Å². The summed E-state index contributed by atoms with van der Waals surface area (Å²) in [5, 5.41) is 123. The summed E-state index contributed by atoms with van der Waals surface area (Å²) in [5.74, 6) is -13.3. The van der Waals surface area contributed by atoms with Crippen LogP contribution in [-0.4, -0.2) is 290 Å². The van der Waals surface area contributed by atoms with Crippen molar-refractivity contribution in [3.8, 4) is 0 Å². The van der Waals surface area contributed by atoms with Crippen molar-refractivity contribution in [2.45, 2.75) is 182 Å². The number of carboxylic acid groups (broad SMARTS) is 1. The van der Waals surface area contributed by atoms with Crippen LogP contribution in [0.4, 0.5) is 0 Å². The van der Waals surface area contributed by atoms with E-state index in [9.17, 15) is 104 Å². The maximum atomic E-state index is 14.3. The second-order valence-corrected chi connectivity index (χ2v) is 19.9. The van der Waals surface area contributed by atoms with E-state index in [2.05, 4.69) is 31.9 Å². The molecule has 3 aliphatic heterocycles. The Morgan fingerprint density at radius 3 is 1.72 bits per heavy atom. The molecule has 0 aliphatic carbocycles. The first-order chi connectivity index (χ1) is 38.8. The maximum absolute atomic E-state index is 14.3. The Kier molecular flexibility index (Phi) is 27.8. The minimum Gasteiger partial charge on any atom is -0.481 e. The largest absolute Gasteiger partial charge is 0.481 e. The number of amides is 10. The molecule has 37 heteroatoms. The highest BCUT2D eigenvalue weighted by molar-refractivity contribution is 5.99. The van der Waals surface area contributed by atoms with Crippen LogP contribution in [0.1, 0.15) is 53.4 Å². The molecule has 0 aromatic carbocycles. The standard InChI is InChI=1S/C46H77N11O26/c1-15(60)29(42(77)54-22(12-58)44(78)57(5)6)56-41(76)21(10-28(66)67)53-40(75)20(52-39(74)19(7-8-25(48)63)51-27(65)11-47)9-26(64)55-43-30(49-17(3)61)35(71)38(24(81-43)14-79-46-37(73)36(72)32(68)16(2)80-46)83-45-31(50-18(4)62)34(70)33(69)23(13-59)82-45/h15-16,19-24,29-38,43,45-46,58-60,68-73H,7-14,47H2,1-6H3,(H2,48,63)(H,49,61)(H,50,62)(H,51,65)(H,52,74)(H,53,75)(H,54,77)(H,55,64)(H,56,76)(H,66,67)/t15-,16+,19+,20+,21+,22+,23-,24-,29+,30-,31-,32-,33-,34-,35-,36-,37+,38-,43-,45+,46-/m1/s1. The lowest BCUT2D eigenvalue weighted by Crippen LogP contribution is -2.71. The van der Waals surface area contributed by atoms with Crippen LogP contribution >= 0.6 is 0 Å². The second kappa shape index (κ2) is 32.6. The summed E-state index contributed by atoms with van der Waals surface area (Å²) >= 11 is 0. The molecule has 3 heterocycles. The second-order valence-electron chi connectivity index (χ2n) is 19.9. The molecule has 10 amide bonds. The third-order valence-electron chi connectivity index (χ3n) is 13.0. The van der Waals surface area contributed by atoms with Gasteiger partial charge in [-0.05, 0) is 20.3 Å². The van der Waals surface area contributed by atoms with Crippen LogP contribution in [0.3, 0.4) is 0 Å². The van der Waals surface area contributed by atoms with Gasteiger partial charge in [-0.15, -0.1) is 0 Å². The first-order valence-electron chi connectivity index (χ1n) is 25.7. The van der Waals surface area contributed by atoms with Crippen LogP contribution in [0.2, 0.25) is 0 Å². The molecule has 0 aromatic rings. The van der Waals surface area contributed by atoms with E-state index in [1.165, 1.54) is 21.0 Å². The summed E-state index contributed by atoms with van der Waals surface area (Å²) in [6.07, 6.45) is -29.0. The van der Waals surface area contributed by atoms with Crippen molar-refractivity contribution in [3.05, 3.63) is 0 Å². The van der Waals surface area contributed by atoms with Crippen molar-refractivity contribution < 1.29 is 127 Å². The van der Waals surface area contributed by atoms with E-state index in [0.717, 1.165) is 25.7 Å². The van der Waals surface area contributed by atoms with E-state index in [1.54, 1.807) is 0 Å². The van der Waals surface area contributed by atoms with Crippen LogP contribution in [-0.2, 0) is 76.4 Å². The molecule has 37 nitrogen and oxygen atoms in total. The van der Waals surface area contributed by atoms with Crippen molar-refractivity contribution in [2.24, 2.45) is 11.5 Å². The molecule has 3 fully saturated rings. The molecule has 0 spiro atoms. The van der Waals surface area contributed by atoms with E-state index in [-0.39, 0.29) is 0 Å². The Balaban J connectivity index is 2.13. The first-order valence-corrected chi connectivity index (χ1v) is 25.7. The minimum absolute atomic E-state index is 0.546. The highest BCUT2D eigenvalue weighted by atomic mass is 16.7. The summed E-state index contributed by atoms with van der Waals surface area (Å²) in [6.45, 7) is 0.776. The molecular weight excluding hydrogens is 1120 g/mol. The summed E-state index contributed by atoms with van der Waals surface area (Å²) < 4.78 is 29.2. The van der Waals surface area contributed by atoms with E-state index in [1.807, 2.05) is 10.6 Å². The fourth-order valence-corrected chi connectivity index (χ4v) is 8.63. The molecule has 21 atom stereocenters. The van der Waals surface area contributed by atoms with Crippen LogP contribution in [0.25, 0.3) is 0 Å². The monoisotopic (exact) mass is 1200 g/mol. The van der Waals surface area contributed by atoms with E-state index >= 15 is 0 Å². The molecule has 0 aromatic heterocycles. The lowest BCUT2D eigenvalue weighted by molar-refractivity contribution is -0.329. The van der Waals surface area contributed by atoms with Crippen LogP contribution in [0, 0.1) is 0 Å². The zero-order valence-corrected chi connectivity index (χ0v) is 45.9. The Morgan fingerprint density at radius 1 is 0.627 bits per heavy atom. The molecular formula is C46H77N11O26. The molecule has 0 saturated carbocycles. The predicted molar refractivity (Wildman–Crippen MR) is 270 cm³/mol. The Bertz CT molecular complexity index is 2290. The lowest BCUT2D eigenvalue weighted by Gasteiger charge is -2.49. The SMILES string of the molecule is CC(=O)N[C@@H]1[C@@H](O)[C@H](O[C@@H]2O[C@H](CO)[C@@H](O)[C@H](O)[C@H]2NC(C)=O)[C@@H](CO[C@@H]2O[C@@H](C)[C@@H](O)[C@@H](O)[C@@H]2O)O[C@H]1NC(=O)C[C@H](NC(=O)[C@H](CCC(N)=O)NC(=O)CN)C(=O)N[C@@H](CC(=O)O)C(=O)N[C@H](C(=O)N[C@@H](CO)C(=O)N(C)C)[C@@H](C)O. The molecule has 3 saturated heterocycles. The fraction of sp³-hybridized carbons (Fsp3) is 0.761. The highest BCUT2D eigenvalue weighted by Gasteiger charge is 2.53. The Labute approximate surface area is 472 Å². The van der Waals surface area contributed by atoms with Crippen molar-refractivity contribution in [1.82, 2.24) is 47.4 Å². The number of likely N-dealkylation sites (N-methyl/N-ethyl adjacent to an activating group) is 1. The molecule has 472 valence electrons. The zero-order valence-electron chi connectivity index (χ0n) is 45.9. The number of rotatable bonds is 29. The summed E-state index contributed by atoms with van der Waals surface area (Å²) in [6, 6.07) is -13.4. The lowest BCUT2D eigenvalue weighted by atomic mass is 9.93. The van der Waals surface area contributed by atoms with Gasteiger partial charge in [0.15, 0.2) is 18.8 Å². The molecule has 22 N–H and O–H groups in total. The van der Waals surface area contributed by atoms with E-state index < -0.39 is 245 Å². The molecule has 0 bridgehead atoms. The van der Waals surface area contributed by atoms with Gasteiger partial charge in [-0.1, -0.05) is 0 Å². The normalized spacial score (nSPS) is 30.0. The number of nitrogens with two attached hydrogens (primary N) is 2. The number of ether oxygens (including phenoxy) is 5. The number of carbonyl (C=O) groups is 11. The molecule has 0 unspecified atom stereocenters. The number of carbonyl (C=O) groups excluding carboxylic acids is 10. The first kappa shape index (κ1) is 70.8. The number of aliphatic carboxylic acids is 1. The minimum atomic E-state index is -2.28. The average molecular weight is 1200 g/mol. The topological polar surface area (TPSA) is 588 Å². The van der Waals surface area contributed by atoms with Gasteiger partial charge in [0.1, 0.15) is 97.2 Å². The highest BCUT2D eigenvalue weighted by Crippen LogP contribution is 2.31. The number of aliphatic hydroxyl groups is 9. The van der Waals surface area contributed by atoms with Gasteiger partial charge in [0.2, 0.25) is 59.1 Å². The average Bonchev–Trinajstić information content (AvgIpc) is 3.62. The van der Waals surface area contributed by atoms with Crippen molar-refractivity contribution >= 4 is 65.0 Å². The molecule has 83 heavy (non-hydrogen) atoms. The van der Waals surface area contributed by atoms with Crippen molar-refractivity contribution in [1.29, 1.82) is 0 Å². The van der Waals surface area contributed by atoms with Gasteiger partial charge in [0.25, 0.3) is 0 Å². The van der Waals surface area contributed by atoms with Gasteiger partial charge in [-0.3, -0.25) is 52.7 Å². The van der Waals surface area contributed by atoms with Gasteiger partial charge in [0, 0.05) is 34.4 Å². The third-order valence-corrected chi connectivity index (χ3v) is 13.0. The zero-order chi connectivity index (χ0) is 62.9. The van der Waals surface area contributed by atoms with E-state index in [0.29, 0.717) is 0 Å². The number of primary amides is 1. The number of carboxylic acids is 1. The smallest absolute Gasteiger partial charge is 0.305 e. The number of nitrogens with one attached hydrogen (secondary N) is 8.